The van der Waals surface area contributed by atoms with Crippen molar-refractivity contribution in [1.29, 1.82) is 0 Å². The highest BCUT2D eigenvalue weighted by Crippen LogP contribution is 2.27. The summed E-state index contributed by atoms with van der Waals surface area (Å²) in [6.07, 6.45) is 1.09. The van der Waals surface area contributed by atoms with Gasteiger partial charge in [0.15, 0.2) is 5.78 Å². The topological polar surface area (TPSA) is 63.2 Å². The first-order valence-corrected chi connectivity index (χ1v) is 10.3. The Hall–Kier alpha value is -1.79. The molecule has 0 fully saturated rings. The average Bonchev–Trinajstić information content (AvgIpc) is 2.49. The van der Waals surface area contributed by atoms with E-state index in [0.29, 0.717) is 11.3 Å². The predicted octanol–water partition coefficient (Wildman–Crippen LogP) is 4.04. The van der Waals surface area contributed by atoms with E-state index in [0.717, 1.165) is 11.2 Å². The van der Waals surface area contributed by atoms with Crippen LogP contribution < -0.4 is 4.72 Å². The van der Waals surface area contributed by atoms with E-state index in [1.807, 2.05) is 13.0 Å². The van der Waals surface area contributed by atoms with Gasteiger partial charge in [0.25, 0.3) is 0 Å². The van der Waals surface area contributed by atoms with Crippen LogP contribution in [0.1, 0.15) is 28.4 Å². The summed E-state index contributed by atoms with van der Waals surface area (Å²) in [6.45, 7) is 5.99. The quantitative estimate of drug-likeness (QED) is 0.621. The molecule has 24 heavy (non-hydrogen) atoms. The summed E-state index contributed by atoms with van der Waals surface area (Å²) in [4.78, 5) is 13.6. The Morgan fingerprint density at radius 1 is 1.04 bits per heavy atom. The third-order valence-corrected chi connectivity index (χ3v) is 5.33. The summed E-state index contributed by atoms with van der Waals surface area (Å²) in [6, 6.07) is 12.7. The van der Waals surface area contributed by atoms with Gasteiger partial charge in [-0.2, -0.15) is 0 Å². The van der Waals surface area contributed by atoms with E-state index in [1.54, 1.807) is 24.3 Å². The molecule has 0 bridgehead atoms. The third kappa shape index (κ3) is 5.11. The molecule has 128 valence electrons. The number of rotatable bonds is 6. The zero-order valence-corrected chi connectivity index (χ0v) is 15.8. The summed E-state index contributed by atoms with van der Waals surface area (Å²) >= 11 is 1.52. The van der Waals surface area contributed by atoms with E-state index in [4.69, 9.17) is 0 Å². The maximum atomic E-state index is 12.5. The van der Waals surface area contributed by atoms with Gasteiger partial charge in [-0.1, -0.05) is 6.07 Å². The Labute approximate surface area is 147 Å². The molecule has 1 atom stereocenters. The van der Waals surface area contributed by atoms with Crippen LogP contribution in [0.4, 0.5) is 5.69 Å². The first-order valence-electron chi connectivity index (χ1n) is 7.52. The number of hydrogen-bond donors (Lipinski definition) is 1. The molecule has 0 unspecified atom stereocenters. The Kier molecular flexibility index (Phi) is 5.72. The number of carbonyl (C=O) groups excluding carboxylic acids is 1. The molecule has 0 aliphatic rings. The Morgan fingerprint density at radius 3 is 2.21 bits per heavy atom. The molecule has 0 saturated carbocycles. The summed E-state index contributed by atoms with van der Waals surface area (Å²) in [7, 11) is -3.31. The Bertz CT molecular complexity index is 843. The molecule has 2 aromatic carbocycles. The van der Waals surface area contributed by atoms with Gasteiger partial charge >= 0.3 is 0 Å². The minimum Gasteiger partial charge on any atom is -0.293 e. The largest absolute Gasteiger partial charge is 0.293 e. The fourth-order valence-electron chi connectivity index (χ4n) is 2.20. The molecule has 2 rings (SSSR count). The zero-order valence-electron chi connectivity index (χ0n) is 14.2. The average molecular weight is 364 g/mol. The fraction of sp³-hybridized carbons (Fsp3) is 0.278. The van der Waals surface area contributed by atoms with E-state index >= 15 is 0 Å². The minimum atomic E-state index is -3.31. The van der Waals surface area contributed by atoms with Gasteiger partial charge in [-0.25, -0.2) is 8.42 Å². The predicted molar refractivity (Wildman–Crippen MR) is 100 cm³/mol. The van der Waals surface area contributed by atoms with Crippen molar-refractivity contribution in [3.05, 3.63) is 59.2 Å². The molecule has 0 saturated heterocycles. The maximum absolute atomic E-state index is 12.5. The number of ketones is 1. The number of carbonyl (C=O) groups is 1. The van der Waals surface area contributed by atoms with Gasteiger partial charge in [-0.3, -0.25) is 9.52 Å². The fourth-order valence-corrected chi connectivity index (χ4v) is 3.80. The lowest BCUT2D eigenvalue weighted by atomic mass is 10.1. The molecular formula is C18H21NO3S2. The number of anilines is 1. The van der Waals surface area contributed by atoms with Crippen LogP contribution in [0.15, 0.2) is 47.4 Å². The van der Waals surface area contributed by atoms with Crippen LogP contribution in [0, 0.1) is 13.8 Å². The van der Waals surface area contributed by atoms with Crippen molar-refractivity contribution in [2.24, 2.45) is 0 Å². The highest BCUT2D eigenvalue weighted by atomic mass is 32.2. The number of sulfonamides is 1. The van der Waals surface area contributed by atoms with Crippen molar-refractivity contribution >= 4 is 33.3 Å². The van der Waals surface area contributed by atoms with E-state index in [1.165, 1.54) is 22.9 Å². The first-order chi connectivity index (χ1) is 11.2. The molecule has 2 aromatic rings. The lowest BCUT2D eigenvalue weighted by molar-refractivity contribution is 0.0994. The van der Waals surface area contributed by atoms with E-state index in [-0.39, 0.29) is 11.0 Å². The second kappa shape index (κ2) is 7.40. The second-order valence-electron chi connectivity index (χ2n) is 5.82. The summed E-state index contributed by atoms with van der Waals surface area (Å²) < 4.78 is 24.8. The number of Topliss-reactive ketones (excluding diaryl/α,β-unsaturated/α-hetero) is 1. The van der Waals surface area contributed by atoms with Gasteiger partial charge in [-0.15, -0.1) is 11.8 Å². The lowest BCUT2D eigenvalue weighted by Crippen LogP contribution is -2.14. The van der Waals surface area contributed by atoms with Crippen LogP contribution in [-0.2, 0) is 10.0 Å². The second-order valence-corrected chi connectivity index (χ2v) is 8.98. The van der Waals surface area contributed by atoms with Crippen LogP contribution in [0.3, 0.4) is 0 Å². The highest BCUT2D eigenvalue weighted by molar-refractivity contribution is 8.00. The molecule has 6 heteroatoms. The van der Waals surface area contributed by atoms with Crippen molar-refractivity contribution in [3.63, 3.8) is 0 Å². The molecule has 1 N–H and O–H groups in total. The highest BCUT2D eigenvalue weighted by Gasteiger charge is 2.17. The van der Waals surface area contributed by atoms with Crippen molar-refractivity contribution in [2.75, 3.05) is 11.0 Å². The summed E-state index contributed by atoms with van der Waals surface area (Å²) in [5.41, 5.74) is 3.45. The van der Waals surface area contributed by atoms with Crippen LogP contribution >= 0.6 is 11.8 Å². The molecule has 0 spiro atoms. The van der Waals surface area contributed by atoms with Crippen molar-refractivity contribution < 1.29 is 13.2 Å². The lowest BCUT2D eigenvalue weighted by Gasteiger charge is -2.12. The molecule has 0 heterocycles. The van der Waals surface area contributed by atoms with E-state index in [9.17, 15) is 13.2 Å². The monoisotopic (exact) mass is 363 g/mol. The molecule has 0 aliphatic heterocycles. The van der Waals surface area contributed by atoms with Crippen LogP contribution in [-0.4, -0.2) is 25.7 Å². The number of aryl methyl sites for hydroxylation is 2. The smallest absolute Gasteiger partial charge is 0.229 e. The molecule has 4 nitrogen and oxygen atoms in total. The van der Waals surface area contributed by atoms with Crippen molar-refractivity contribution in [3.8, 4) is 0 Å². The molecular weight excluding hydrogens is 342 g/mol. The molecule has 0 aromatic heterocycles. The van der Waals surface area contributed by atoms with Crippen LogP contribution in [0.25, 0.3) is 0 Å². The Balaban J connectivity index is 2.08. The van der Waals surface area contributed by atoms with Gasteiger partial charge in [0.2, 0.25) is 10.0 Å². The first kappa shape index (κ1) is 18.5. The van der Waals surface area contributed by atoms with Gasteiger partial charge < -0.3 is 0 Å². The number of hydrogen-bond acceptors (Lipinski definition) is 4. The molecule has 0 aliphatic carbocycles. The summed E-state index contributed by atoms with van der Waals surface area (Å²) in [5, 5.41) is -0.221. The zero-order chi connectivity index (χ0) is 17.9. The van der Waals surface area contributed by atoms with Gasteiger partial charge in [0.05, 0.1) is 11.5 Å². The number of nitrogens with one attached hydrogen (secondary N) is 1. The minimum absolute atomic E-state index is 0.0177. The maximum Gasteiger partial charge on any atom is 0.229 e. The van der Waals surface area contributed by atoms with E-state index < -0.39 is 10.0 Å². The standard InChI is InChI=1S/C18H21NO3S2/c1-12-5-10-17(11-13(12)2)23-14(3)18(20)15-6-8-16(9-7-15)19-24(4,21)22/h5-11,14,19H,1-4H3/t14-/m1/s1. The normalized spacial score (nSPS) is 12.7. The van der Waals surface area contributed by atoms with Crippen LogP contribution in [0.2, 0.25) is 0 Å². The molecule has 0 amide bonds. The van der Waals surface area contributed by atoms with Gasteiger partial charge in [-0.05, 0) is 68.3 Å². The Morgan fingerprint density at radius 2 is 1.67 bits per heavy atom. The van der Waals surface area contributed by atoms with Gasteiger partial charge in [0.1, 0.15) is 0 Å². The SMILES string of the molecule is Cc1ccc(S[C@H](C)C(=O)c2ccc(NS(C)(=O)=O)cc2)cc1C. The van der Waals surface area contributed by atoms with E-state index in [2.05, 4.69) is 30.7 Å². The number of thioether (sulfide) groups is 1. The number of benzene rings is 2. The third-order valence-electron chi connectivity index (χ3n) is 3.63. The van der Waals surface area contributed by atoms with Crippen molar-refractivity contribution in [1.82, 2.24) is 0 Å². The van der Waals surface area contributed by atoms with Crippen molar-refractivity contribution in [2.45, 2.75) is 30.9 Å². The summed E-state index contributed by atoms with van der Waals surface area (Å²) in [5.74, 6) is 0.0177. The van der Waals surface area contributed by atoms with Gasteiger partial charge in [0, 0.05) is 16.1 Å². The molecule has 0 radical (unpaired) electrons. The van der Waals surface area contributed by atoms with Crippen LogP contribution in [0.5, 0.6) is 0 Å².